The van der Waals surface area contributed by atoms with Crippen LogP contribution in [0.4, 0.5) is 0 Å². The van der Waals surface area contributed by atoms with Gasteiger partial charge >= 0.3 is 0 Å². The number of benzene rings is 3. The van der Waals surface area contributed by atoms with E-state index in [1.807, 2.05) is 24.3 Å². The van der Waals surface area contributed by atoms with Crippen LogP contribution in [0.1, 0.15) is 39.6 Å². The van der Waals surface area contributed by atoms with Crippen molar-refractivity contribution in [2.45, 2.75) is 25.5 Å². The Labute approximate surface area is 196 Å². The number of halogens is 1. The molecule has 0 aliphatic carbocycles. The lowest BCUT2D eigenvalue weighted by atomic mass is 9.93. The third kappa shape index (κ3) is 4.84. The SMILES string of the molecule is COc1ccc([C@@H]2CC(=O)c3c(cc(O)c(CNCCc4ccc(Cl)cc4)c3O)O2)cc1O. The maximum atomic E-state index is 12.9. The normalized spacial score (nSPS) is 15.1. The number of phenols is 3. The zero-order chi connectivity index (χ0) is 23.5. The Hall–Kier alpha value is -3.42. The van der Waals surface area contributed by atoms with E-state index in [1.165, 1.54) is 19.2 Å². The molecule has 172 valence electrons. The van der Waals surface area contributed by atoms with Gasteiger partial charge in [0.15, 0.2) is 17.3 Å². The predicted octanol–water partition coefficient (Wildman–Crippen LogP) is 4.50. The molecule has 4 rings (SSSR count). The molecule has 3 aromatic carbocycles. The van der Waals surface area contributed by atoms with Crippen LogP contribution in [-0.2, 0) is 13.0 Å². The Morgan fingerprint density at radius 3 is 2.55 bits per heavy atom. The van der Waals surface area contributed by atoms with Crippen molar-refractivity contribution in [2.75, 3.05) is 13.7 Å². The van der Waals surface area contributed by atoms with E-state index in [9.17, 15) is 20.1 Å². The van der Waals surface area contributed by atoms with Gasteiger partial charge in [0.1, 0.15) is 28.9 Å². The van der Waals surface area contributed by atoms with Crippen molar-refractivity contribution in [2.24, 2.45) is 0 Å². The van der Waals surface area contributed by atoms with Crippen molar-refractivity contribution in [3.05, 3.63) is 75.8 Å². The van der Waals surface area contributed by atoms with Crippen molar-refractivity contribution in [1.82, 2.24) is 5.32 Å². The predicted molar refractivity (Wildman–Crippen MR) is 124 cm³/mol. The number of carbonyl (C=O) groups excluding carboxylic acids is 1. The van der Waals surface area contributed by atoms with Crippen molar-refractivity contribution in [3.63, 3.8) is 0 Å². The Morgan fingerprint density at radius 1 is 1.09 bits per heavy atom. The average molecular weight is 470 g/mol. The third-order valence-corrected chi connectivity index (χ3v) is 5.90. The summed E-state index contributed by atoms with van der Waals surface area (Å²) in [6, 6.07) is 13.6. The van der Waals surface area contributed by atoms with E-state index in [0.29, 0.717) is 22.9 Å². The van der Waals surface area contributed by atoms with Crippen molar-refractivity contribution in [1.29, 1.82) is 0 Å². The third-order valence-electron chi connectivity index (χ3n) is 5.65. The fraction of sp³-hybridized carbons (Fsp3) is 0.240. The van der Waals surface area contributed by atoms with Crippen LogP contribution >= 0.6 is 11.6 Å². The van der Waals surface area contributed by atoms with Crippen molar-refractivity contribution in [3.8, 4) is 28.7 Å². The summed E-state index contributed by atoms with van der Waals surface area (Å²) in [7, 11) is 1.45. The van der Waals surface area contributed by atoms with Crippen LogP contribution in [0.15, 0.2) is 48.5 Å². The van der Waals surface area contributed by atoms with Gasteiger partial charge in [0.25, 0.3) is 0 Å². The first-order valence-electron chi connectivity index (χ1n) is 10.5. The Bertz CT molecular complexity index is 1180. The van der Waals surface area contributed by atoms with Gasteiger partial charge < -0.3 is 30.1 Å². The Kier molecular flexibility index (Phi) is 6.62. The zero-order valence-electron chi connectivity index (χ0n) is 18.0. The highest BCUT2D eigenvalue weighted by Gasteiger charge is 2.33. The lowest BCUT2D eigenvalue weighted by molar-refractivity contribution is 0.0844. The van der Waals surface area contributed by atoms with Gasteiger partial charge in [-0.2, -0.15) is 0 Å². The molecule has 0 fully saturated rings. The quantitative estimate of drug-likeness (QED) is 0.377. The van der Waals surface area contributed by atoms with E-state index in [-0.39, 0.29) is 52.9 Å². The molecular weight excluding hydrogens is 446 g/mol. The second-order valence-electron chi connectivity index (χ2n) is 7.81. The first kappa shape index (κ1) is 22.8. The molecule has 0 bridgehead atoms. The maximum Gasteiger partial charge on any atom is 0.174 e. The molecule has 0 amide bonds. The smallest absolute Gasteiger partial charge is 0.174 e. The molecule has 0 aromatic heterocycles. The van der Waals surface area contributed by atoms with E-state index in [1.54, 1.807) is 12.1 Å². The van der Waals surface area contributed by atoms with Crippen molar-refractivity contribution >= 4 is 17.4 Å². The largest absolute Gasteiger partial charge is 0.507 e. The van der Waals surface area contributed by atoms with Crippen LogP contribution in [0.2, 0.25) is 5.02 Å². The molecule has 4 N–H and O–H groups in total. The molecule has 7 nitrogen and oxygen atoms in total. The van der Waals surface area contributed by atoms with Gasteiger partial charge in [0, 0.05) is 17.6 Å². The molecule has 0 saturated heterocycles. The fourth-order valence-corrected chi connectivity index (χ4v) is 3.99. The van der Waals surface area contributed by atoms with Crippen LogP contribution < -0.4 is 14.8 Å². The lowest BCUT2D eigenvalue weighted by Gasteiger charge is -2.27. The number of carbonyl (C=O) groups is 1. The van der Waals surface area contributed by atoms with Crippen LogP contribution in [0.5, 0.6) is 28.7 Å². The van der Waals surface area contributed by atoms with Gasteiger partial charge in [-0.25, -0.2) is 0 Å². The molecule has 1 aliphatic rings. The number of hydrogen-bond donors (Lipinski definition) is 4. The number of Topliss-reactive ketones (excluding diaryl/α,β-unsaturated/α-hetero) is 1. The molecule has 0 saturated carbocycles. The van der Waals surface area contributed by atoms with Gasteiger partial charge in [-0.05, 0) is 48.4 Å². The van der Waals surface area contributed by atoms with Gasteiger partial charge in [-0.3, -0.25) is 4.79 Å². The van der Waals surface area contributed by atoms with E-state index >= 15 is 0 Å². The summed E-state index contributed by atoms with van der Waals surface area (Å²) in [6.07, 6.45) is 0.0618. The summed E-state index contributed by atoms with van der Waals surface area (Å²) in [5, 5.41) is 35.1. The molecular formula is C25H24ClNO6. The number of rotatable bonds is 7. The van der Waals surface area contributed by atoms with Gasteiger partial charge in [-0.15, -0.1) is 0 Å². The summed E-state index contributed by atoms with van der Waals surface area (Å²) in [4.78, 5) is 12.9. The van der Waals surface area contributed by atoms with E-state index in [2.05, 4.69) is 5.32 Å². The molecule has 0 unspecified atom stereocenters. The first-order chi connectivity index (χ1) is 15.9. The van der Waals surface area contributed by atoms with Crippen molar-refractivity contribution < 1.29 is 29.6 Å². The number of ether oxygens (including phenoxy) is 2. The molecule has 1 heterocycles. The van der Waals surface area contributed by atoms with Gasteiger partial charge in [-0.1, -0.05) is 29.8 Å². The Balaban J connectivity index is 1.48. The molecule has 3 aromatic rings. The number of hydrogen-bond acceptors (Lipinski definition) is 7. The highest BCUT2D eigenvalue weighted by atomic mass is 35.5. The van der Waals surface area contributed by atoms with Crippen LogP contribution in [0.25, 0.3) is 0 Å². The molecule has 0 radical (unpaired) electrons. The topological polar surface area (TPSA) is 108 Å². The molecule has 0 spiro atoms. The summed E-state index contributed by atoms with van der Waals surface area (Å²) in [5.41, 5.74) is 1.97. The zero-order valence-corrected chi connectivity index (χ0v) is 18.7. The monoisotopic (exact) mass is 469 g/mol. The second-order valence-corrected chi connectivity index (χ2v) is 8.25. The van der Waals surface area contributed by atoms with Crippen LogP contribution in [0.3, 0.4) is 0 Å². The number of aromatic hydroxyl groups is 3. The minimum Gasteiger partial charge on any atom is -0.507 e. The summed E-state index contributed by atoms with van der Waals surface area (Å²) >= 11 is 5.90. The second kappa shape index (κ2) is 9.60. The van der Waals surface area contributed by atoms with E-state index in [4.69, 9.17) is 21.1 Å². The minimum absolute atomic E-state index is 0.0134. The highest BCUT2D eigenvalue weighted by Crippen LogP contribution is 2.45. The summed E-state index contributed by atoms with van der Waals surface area (Å²) in [6.45, 7) is 0.784. The Morgan fingerprint density at radius 2 is 1.85 bits per heavy atom. The highest BCUT2D eigenvalue weighted by molar-refractivity contribution is 6.30. The standard InChI is InChI=1S/C25H24ClNO6/c1-32-21-7-4-15(10-19(21)29)22-12-20(30)24-23(33-22)11-18(28)17(25(24)31)13-27-9-8-14-2-5-16(26)6-3-14/h2-7,10-11,22,27-29,31H,8-9,12-13H2,1H3/t22-/m0/s1. The number of nitrogens with one attached hydrogen (secondary N) is 1. The maximum absolute atomic E-state index is 12.9. The summed E-state index contributed by atoms with van der Waals surface area (Å²) < 4.78 is 10.9. The average Bonchev–Trinajstić information content (AvgIpc) is 2.79. The first-order valence-corrected chi connectivity index (χ1v) is 10.8. The fourth-order valence-electron chi connectivity index (χ4n) is 3.86. The molecule has 33 heavy (non-hydrogen) atoms. The van der Waals surface area contributed by atoms with Crippen LogP contribution in [0, 0.1) is 0 Å². The van der Waals surface area contributed by atoms with Gasteiger partial charge in [0.2, 0.25) is 0 Å². The van der Waals surface area contributed by atoms with Gasteiger partial charge in [0.05, 0.1) is 19.1 Å². The van der Waals surface area contributed by atoms with E-state index in [0.717, 1.165) is 12.0 Å². The van der Waals surface area contributed by atoms with E-state index < -0.39 is 6.10 Å². The minimum atomic E-state index is -0.663. The lowest BCUT2D eigenvalue weighted by Crippen LogP contribution is -2.22. The number of phenolic OH excluding ortho intramolecular Hbond substituents is 3. The number of ketones is 1. The number of fused-ring (bicyclic) bond motifs is 1. The number of methoxy groups -OCH3 is 1. The summed E-state index contributed by atoms with van der Waals surface area (Å²) in [5.74, 6) is -0.420. The molecule has 1 aliphatic heterocycles. The molecule has 1 atom stereocenters. The van der Waals surface area contributed by atoms with Crippen LogP contribution in [-0.4, -0.2) is 34.8 Å². The molecule has 8 heteroatoms.